The zero-order valence-corrected chi connectivity index (χ0v) is 23.4. The number of carbonyl (C=O) groups is 2. The first-order valence-electron chi connectivity index (χ1n) is 12.0. The molecule has 0 aromatic heterocycles. The number of benzene rings is 2. The maximum absolute atomic E-state index is 13.8. The lowest BCUT2D eigenvalue weighted by Crippen LogP contribution is -2.48. The minimum Gasteiger partial charge on any atom is -0.463 e. The highest BCUT2D eigenvalue weighted by Crippen LogP contribution is 2.37. The van der Waals surface area contributed by atoms with Gasteiger partial charge in [0.25, 0.3) is 0 Å². The van der Waals surface area contributed by atoms with Gasteiger partial charge in [0.1, 0.15) is 5.38 Å². The maximum Gasteiger partial charge on any atom is 0.330 e. The van der Waals surface area contributed by atoms with Gasteiger partial charge in [-0.2, -0.15) is 0 Å². The lowest BCUT2D eigenvalue weighted by atomic mass is 10.1. The summed E-state index contributed by atoms with van der Waals surface area (Å²) in [4.78, 5) is 27.6. The van der Waals surface area contributed by atoms with E-state index in [2.05, 4.69) is 33.9 Å². The van der Waals surface area contributed by atoms with E-state index in [1.165, 1.54) is 6.08 Å². The first kappa shape index (κ1) is 28.8. The maximum atomic E-state index is 13.8. The van der Waals surface area contributed by atoms with Gasteiger partial charge in [-0.1, -0.05) is 87.5 Å². The van der Waals surface area contributed by atoms with Gasteiger partial charge in [0.15, 0.2) is 8.32 Å². The van der Waals surface area contributed by atoms with E-state index in [-0.39, 0.29) is 24.2 Å². The van der Waals surface area contributed by atoms with Crippen LogP contribution in [0.4, 0.5) is 0 Å². The average molecular weight is 516 g/mol. The first-order valence-corrected chi connectivity index (χ1v) is 15.3. The van der Waals surface area contributed by atoms with Gasteiger partial charge in [-0.15, -0.1) is 11.6 Å². The van der Waals surface area contributed by atoms with Gasteiger partial charge in [0, 0.05) is 12.6 Å². The minimum absolute atomic E-state index is 0.00423. The van der Waals surface area contributed by atoms with Crippen molar-refractivity contribution >= 4 is 31.8 Å². The van der Waals surface area contributed by atoms with Crippen LogP contribution in [0.2, 0.25) is 18.1 Å². The summed E-state index contributed by atoms with van der Waals surface area (Å²) < 4.78 is 11.6. The van der Waals surface area contributed by atoms with Crippen LogP contribution in [0.15, 0.2) is 72.8 Å². The van der Waals surface area contributed by atoms with Gasteiger partial charge in [-0.3, -0.25) is 4.79 Å². The fraction of sp³-hybridized carbons (Fsp3) is 0.429. The van der Waals surface area contributed by atoms with E-state index in [4.69, 9.17) is 20.8 Å². The van der Waals surface area contributed by atoms with E-state index in [9.17, 15) is 9.59 Å². The lowest BCUT2D eigenvalue weighted by Gasteiger charge is -2.39. The van der Waals surface area contributed by atoms with Gasteiger partial charge in [-0.25, -0.2) is 4.79 Å². The summed E-state index contributed by atoms with van der Waals surface area (Å²) in [6.45, 7) is 13.4. The van der Waals surface area contributed by atoms with Crippen LogP contribution in [0.1, 0.15) is 44.2 Å². The molecule has 0 aliphatic carbocycles. The number of halogens is 1. The quantitative estimate of drug-likeness (QED) is 0.148. The molecule has 0 heterocycles. The summed E-state index contributed by atoms with van der Waals surface area (Å²) in [5.74, 6) is -0.707. The standard InChI is InChI=1S/C28H38ClNO4Si/c1-7-33-25(31)19-18-24(21-34-35(5,6)28(2,3)4)30(20-22-14-10-8-11-15-22)27(32)26(29)23-16-12-9-13-17-23/h8-19,24,26H,7,20-21H2,1-6H3/b19-18+/t24-,26?/m0/s1. The molecule has 2 rings (SSSR count). The predicted octanol–water partition coefficient (Wildman–Crippen LogP) is 6.51. The highest BCUT2D eigenvalue weighted by molar-refractivity contribution is 6.74. The molecule has 5 nitrogen and oxygen atoms in total. The van der Waals surface area contributed by atoms with Gasteiger partial charge in [-0.05, 0) is 36.2 Å². The minimum atomic E-state index is -2.12. The second kappa shape index (κ2) is 13.0. The van der Waals surface area contributed by atoms with Crippen molar-refractivity contribution in [2.75, 3.05) is 13.2 Å². The van der Waals surface area contributed by atoms with E-state index < -0.39 is 25.7 Å². The number of hydrogen-bond acceptors (Lipinski definition) is 4. The molecule has 0 N–H and O–H groups in total. The Hall–Kier alpha value is -2.41. The number of rotatable bonds is 11. The smallest absolute Gasteiger partial charge is 0.330 e. The Morgan fingerprint density at radius 3 is 2.14 bits per heavy atom. The van der Waals surface area contributed by atoms with Crippen molar-refractivity contribution in [1.29, 1.82) is 0 Å². The van der Waals surface area contributed by atoms with Crippen molar-refractivity contribution in [3.8, 4) is 0 Å². The summed E-state index contributed by atoms with van der Waals surface area (Å²) in [6, 6.07) is 18.5. The number of alkyl halides is 1. The molecular formula is C28H38ClNO4Si. The molecule has 1 unspecified atom stereocenters. The molecule has 0 spiro atoms. The van der Waals surface area contributed by atoms with Crippen LogP contribution in [0.25, 0.3) is 0 Å². The molecule has 0 fully saturated rings. The SMILES string of the molecule is CCOC(=O)/C=C/[C@@H](CO[Si](C)(C)C(C)(C)C)N(Cc1ccccc1)C(=O)C(Cl)c1ccccc1. The van der Waals surface area contributed by atoms with Crippen LogP contribution in [-0.2, 0) is 25.3 Å². The van der Waals surface area contributed by atoms with Crippen LogP contribution in [0.5, 0.6) is 0 Å². The molecule has 0 radical (unpaired) electrons. The van der Waals surface area contributed by atoms with Gasteiger partial charge >= 0.3 is 5.97 Å². The van der Waals surface area contributed by atoms with Gasteiger partial charge < -0.3 is 14.1 Å². The molecule has 35 heavy (non-hydrogen) atoms. The molecule has 0 aliphatic rings. The van der Waals surface area contributed by atoms with Gasteiger partial charge in [0.2, 0.25) is 5.91 Å². The van der Waals surface area contributed by atoms with Crippen molar-refractivity contribution in [3.63, 3.8) is 0 Å². The van der Waals surface area contributed by atoms with Crippen molar-refractivity contribution in [2.45, 2.75) is 63.8 Å². The molecule has 7 heteroatoms. The highest BCUT2D eigenvalue weighted by atomic mass is 35.5. The van der Waals surface area contributed by atoms with E-state index >= 15 is 0 Å². The molecule has 0 saturated carbocycles. The lowest BCUT2D eigenvalue weighted by molar-refractivity contribution is -0.137. The monoisotopic (exact) mass is 515 g/mol. The predicted molar refractivity (Wildman–Crippen MR) is 145 cm³/mol. The van der Waals surface area contributed by atoms with Crippen LogP contribution in [0, 0.1) is 0 Å². The summed E-state index contributed by atoms with van der Waals surface area (Å²) in [6.07, 6.45) is 3.07. The van der Waals surface area contributed by atoms with E-state index in [1.807, 2.05) is 60.7 Å². The van der Waals surface area contributed by atoms with Crippen molar-refractivity contribution in [3.05, 3.63) is 83.9 Å². The number of esters is 1. The Kier molecular flexibility index (Phi) is 10.7. The second-order valence-corrected chi connectivity index (χ2v) is 15.2. The third kappa shape index (κ3) is 8.64. The highest BCUT2D eigenvalue weighted by Gasteiger charge is 2.38. The van der Waals surface area contributed by atoms with Crippen LogP contribution < -0.4 is 0 Å². The Labute approximate surface area is 216 Å². The summed E-state index contributed by atoms with van der Waals surface area (Å²) in [5, 5.41) is -0.873. The van der Waals surface area contributed by atoms with E-state index in [0.29, 0.717) is 6.54 Å². The van der Waals surface area contributed by atoms with E-state index in [0.717, 1.165) is 11.1 Å². The van der Waals surface area contributed by atoms with Gasteiger partial charge in [0.05, 0.1) is 19.3 Å². The zero-order chi connectivity index (χ0) is 26.1. The first-order chi connectivity index (χ1) is 16.5. The third-order valence-corrected chi connectivity index (χ3v) is 11.3. The molecule has 190 valence electrons. The van der Waals surface area contributed by atoms with Crippen molar-refractivity contribution in [1.82, 2.24) is 4.90 Å². The Bertz CT molecular complexity index is 973. The molecule has 0 saturated heterocycles. The summed E-state index contributed by atoms with van der Waals surface area (Å²) in [5.41, 5.74) is 1.68. The summed E-state index contributed by atoms with van der Waals surface area (Å²) >= 11 is 6.70. The van der Waals surface area contributed by atoms with E-state index in [1.54, 1.807) is 17.9 Å². The number of amides is 1. The van der Waals surface area contributed by atoms with Crippen LogP contribution in [0.3, 0.4) is 0 Å². The molecular weight excluding hydrogens is 478 g/mol. The van der Waals surface area contributed by atoms with Crippen LogP contribution in [-0.4, -0.2) is 44.3 Å². The Balaban J connectivity index is 2.44. The number of ether oxygens (including phenoxy) is 1. The number of hydrogen-bond donors (Lipinski definition) is 0. The third-order valence-electron chi connectivity index (χ3n) is 6.35. The van der Waals surface area contributed by atoms with Crippen molar-refractivity contribution < 1.29 is 18.8 Å². The second-order valence-electron chi connectivity index (χ2n) is 9.97. The fourth-order valence-corrected chi connectivity index (χ4v) is 4.48. The Morgan fingerprint density at radius 2 is 1.60 bits per heavy atom. The normalized spacial score (nSPS) is 13.9. The zero-order valence-electron chi connectivity index (χ0n) is 21.7. The number of carbonyl (C=O) groups excluding carboxylic acids is 2. The average Bonchev–Trinajstić information content (AvgIpc) is 2.82. The molecule has 0 aliphatic heterocycles. The fourth-order valence-electron chi connectivity index (χ4n) is 3.19. The largest absolute Gasteiger partial charge is 0.463 e. The molecule has 1 amide bonds. The molecule has 2 aromatic rings. The Morgan fingerprint density at radius 1 is 1.03 bits per heavy atom. The van der Waals surface area contributed by atoms with Crippen molar-refractivity contribution in [2.24, 2.45) is 0 Å². The molecule has 2 atom stereocenters. The van der Waals surface area contributed by atoms with Crippen LogP contribution >= 0.6 is 11.6 Å². The molecule has 2 aromatic carbocycles. The topological polar surface area (TPSA) is 55.8 Å². The molecule has 0 bridgehead atoms. The number of nitrogens with zero attached hydrogens (tertiary/aromatic N) is 1. The summed E-state index contributed by atoms with van der Waals surface area (Å²) in [7, 11) is -2.12.